The molecule has 0 radical (unpaired) electrons. The van der Waals surface area contributed by atoms with Crippen LogP contribution in [0.15, 0.2) is 12.5 Å². The van der Waals surface area contributed by atoms with E-state index < -0.39 is 0 Å². The highest BCUT2D eigenvalue weighted by Gasteiger charge is 2.21. The molecule has 12 heavy (non-hydrogen) atoms. The van der Waals surface area contributed by atoms with Crippen molar-refractivity contribution in [2.24, 2.45) is 7.05 Å². The van der Waals surface area contributed by atoms with E-state index >= 15 is 0 Å². The predicted molar refractivity (Wildman–Crippen MR) is 47.9 cm³/mol. The van der Waals surface area contributed by atoms with Gasteiger partial charge in [-0.15, -0.1) is 0 Å². The lowest BCUT2D eigenvalue weighted by atomic mass is 9.86. The molecule has 0 aliphatic rings. The fourth-order valence-electron chi connectivity index (χ4n) is 1.17. The molecule has 1 aromatic rings. The van der Waals surface area contributed by atoms with E-state index in [1.807, 2.05) is 17.8 Å². The minimum Gasteiger partial charge on any atom is -0.396 e. The van der Waals surface area contributed by atoms with Crippen LogP contribution in [0.25, 0.3) is 0 Å². The third-order valence-corrected chi connectivity index (χ3v) is 2.14. The average Bonchev–Trinajstić information content (AvgIpc) is 2.36. The first kappa shape index (κ1) is 9.26. The molecule has 1 N–H and O–H groups in total. The molecular formula is C9H16N2O. The Labute approximate surface area is 73.1 Å². The lowest BCUT2D eigenvalue weighted by Crippen LogP contribution is -2.19. The number of aliphatic hydroxyl groups is 1. The molecule has 0 spiro atoms. The van der Waals surface area contributed by atoms with Crippen molar-refractivity contribution >= 4 is 0 Å². The molecule has 3 nitrogen and oxygen atoms in total. The molecule has 0 fully saturated rings. The van der Waals surface area contributed by atoms with E-state index in [4.69, 9.17) is 5.11 Å². The molecule has 0 saturated carbocycles. The monoisotopic (exact) mass is 168 g/mol. The summed E-state index contributed by atoms with van der Waals surface area (Å²) in [4.78, 5) is 4.26. The molecule has 0 unspecified atom stereocenters. The average molecular weight is 168 g/mol. The number of nitrogens with zero attached hydrogens (tertiary/aromatic N) is 2. The van der Waals surface area contributed by atoms with Gasteiger partial charge >= 0.3 is 0 Å². The minimum atomic E-state index is -0.0178. The number of aliphatic hydroxyl groups excluding tert-OH is 1. The molecule has 0 aliphatic heterocycles. The number of aryl methyl sites for hydroxylation is 1. The predicted octanol–water partition coefficient (Wildman–Crippen LogP) is 1.08. The van der Waals surface area contributed by atoms with Crippen LogP contribution in [0, 0.1) is 0 Å². The first-order valence-corrected chi connectivity index (χ1v) is 4.15. The molecule has 0 aliphatic carbocycles. The van der Waals surface area contributed by atoms with Gasteiger partial charge in [0.25, 0.3) is 0 Å². The number of rotatable bonds is 3. The van der Waals surface area contributed by atoms with Gasteiger partial charge in [-0.05, 0) is 6.42 Å². The first-order chi connectivity index (χ1) is 5.56. The van der Waals surface area contributed by atoms with E-state index in [9.17, 15) is 0 Å². The van der Waals surface area contributed by atoms with Gasteiger partial charge in [-0.1, -0.05) is 13.8 Å². The summed E-state index contributed by atoms with van der Waals surface area (Å²) < 4.78 is 1.93. The second-order valence-electron chi connectivity index (χ2n) is 3.78. The normalized spacial score (nSPS) is 12.0. The van der Waals surface area contributed by atoms with Gasteiger partial charge in [-0.25, -0.2) is 4.98 Å². The fraction of sp³-hybridized carbons (Fsp3) is 0.667. The Balaban J connectivity index is 2.81. The third kappa shape index (κ3) is 1.85. The molecule has 1 rings (SSSR count). The van der Waals surface area contributed by atoms with Crippen molar-refractivity contribution < 1.29 is 5.11 Å². The van der Waals surface area contributed by atoms with Crippen LogP contribution in [0.1, 0.15) is 26.0 Å². The Morgan fingerprint density at radius 1 is 1.58 bits per heavy atom. The molecule has 3 heteroatoms. The maximum absolute atomic E-state index is 8.84. The Morgan fingerprint density at radius 2 is 2.25 bits per heavy atom. The lowest BCUT2D eigenvalue weighted by molar-refractivity contribution is 0.250. The molecule has 0 aromatic carbocycles. The van der Waals surface area contributed by atoms with Gasteiger partial charge in [0.05, 0.1) is 12.0 Å². The zero-order valence-corrected chi connectivity index (χ0v) is 7.91. The van der Waals surface area contributed by atoms with E-state index in [1.54, 1.807) is 6.33 Å². The highest BCUT2D eigenvalue weighted by molar-refractivity contribution is 5.10. The van der Waals surface area contributed by atoms with E-state index in [1.165, 1.54) is 0 Å². The largest absolute Gasteiger partial charge is 0.396 e. The van der Waals surface area contributed by atoms with Crippen LogP contribution < -0.4 is 0 Å². The van der Waals surface area contributed by atoms with Gasteiger partial charge in [-0.2, -0.15) is 0 Å². The maximum atomic E-state index is 8.84. The van der Waals surface area contributed by atoms with Crippen molar-refractivity contribution in [1.29, 1.82) is 0 Å². The molecule has 0 amide bonds. The lowest BCUT2D eigenvalue weighted by Gasteiger charge is -2.20. The van der Waals surface area contributed by atoms with Crippen LogP contribution in [0.2, 0.25) is 0 Å². The van der Waals surface area contributed by atoms with Crippen LogP contribution in [-0.2, 0) is 12.5 Å². The molecule has 0 atom stereocenters. The second-order valence-corrected chi connectivity index (χ2v) is 3.78. The summed E-state index contributed by atoms with van der Waals surface area (Å²) in [5, 5.41) is 8.84. The second kappa shape index (κ2) is 3.27. The first-order valence-electron chi connectivity index (χ1n) is 4.15. The van der Waals surface area contributed by atoms with Crippen molar-refractivity contribution in [1.82, 2.24) is 9.55 Å². The molecule has 68 valence electrons. The fourth-order valence-corrected chi connectivity index (χ4v) is 1.17. The number of imidazole rings is 1. The summed E-state index contributed by atoms with van der Waals surface area (Å²) in [5.41, 5.74) is 1.02. The summed E-state index contributed by atoms with van der Waals surface area (Å²) >= 11 is 0. The Hall–Kier alpha value is -0.830. The standard InChI is InChI=1S/C9H16N2O/c1-9(2,4-5-12)8-6-11(3)7-10-8/h6-7,12H,4-5H2,1-3H3. The summed E-state index contributed by atoms with van der Waals surface area (Å²) in [6.45, 7) is 4.39. The topological polar surface area (TPSA) is 38.0 Å². The zero-order chi connectivity index (χ0) is 9.19. The summed E-state index contributed by atoms with van der Waals surface area (Å²) in [6.07, 6.45) is 4.54. The van der Waals surface area contributed by atoms with Crippen LogP contribution in [0.3, 0.4) is 0 Å². The molecule has 1 heterocycles. The molecule has 0 saturated heterocycles. The Bertz CT molecular complexity index is 253. The van der Waals surface area contributed by atoms with Crippen molar-refractivity contribution in [3.05, 3.63) is 18.2 Å². The summed E-state index contributed by atoms with van der Waals surface area (Å²) in [7, 11) is 1.95. The number of hydrogen-bond acceptors (Lipinski definition) is 2. The van der Waals surface area contributed by atoms with Crippen LogP contribution in [-0.4, -0.2) is 21.3 Å². The van der Waals surface area contributed by atoms with Gasteiger partial charge in [0, 0.05) is 25.3 Å². The van der Waals surface area contributed by atoms with Crippen molar-refractivity contribution in [2.75, 3.05) is 6.61 Å². The minimum absolute atomic E-state index is 0.0178. The molecule has 1 aromatic heterocycles. The van der Waals surface area contributed by atoms with Crippen LogP contribution >= 0.6 is 0 Å². The summed E-state index contributed by atoms with van der Waals surface area (Å²) in [5.74, 6) is 0. The van der Waals surface area contributed by atoms with Crippen LogP contribution in [0.4, 0.5) is 0 Å². The number of hydrogen-bond donors (Lipinski definition) is 1. The third-order valence-electron chi connectivity index (χ3n) is 2.14. The van der Waals surface area contributed by atoms with E-state index in [2.05, 4.69) is 18.8 Å². The molecular weight excluding hydrogens is 152 g/mol. The van der Waals surface area contributed by atoms with Crippen molar-refractivity contribution in [2.45, 2.75) is 25.7 Å². The zero-order valence-electron chi connectivity index (χ0n) is 7.91. The number of aromatic nitrogens is 2. The smallest absolute Gasteiger partial charge is 0.0947 e. The van der Waals surface area contributed by atoms with Gasteiger partial charge in [0.1, 0.15) is 0 Å². The van der Waals surface area contributed by atoms with Gasteiger partial charge in [0.2, 0.25) is 0 Å². The van der Waals surface area contributed by atoms with E-state index in [-0.39, 0.29) is 12.0 Å². The van der Waals surface area contributed by atoms with E-state index in [0.29, 0.717) is 0 Å². The highest BCUT2D eigenvalue weighted by Crippen LogP contribution is 2.24. The van der Waals surface area contributed by atoms with Crippen molar-refractivity contribution in [3.63, 3.8) is 0 Å². The summed E-state index contributed by atoms with van der Waals surface area (Å²) in [6, 6.07) is 0. The van der Waals surface area contributed by atoms with Gasteiger partial charge in [0.15, 0.2) is 0 Å². The maximum Gasteiger partial charge on any atom is 0.0947 e. The van der Waals surface area contributed by atoms with E-state index in [0.717, 1.165) is 12.1 Å². The Morgan fingerprint density at radius 3 is 2.67 bits per heavy atom. The highest BCUT2D eigenvalue weighted by atomic mass is 16.3. The SMILES string of the molecule is Cn1cnc(C(C)(C)CCO)c1. The quantitative estimate of drug-likeness (QED) is 0.733. The van der Waals surface area contributed by atoms with Gasteiger partial charge < -0.3 is 9.67 Å². The Kier molecular flexibility index (Phi) is 2.52. The van der Waals surface area contributed by atoms with Gasteiger partial charge in [-0.3, -0.25) is 0 Å². The van der Waals surface area contributed by atoms with Crippen LogP contribution in [0.5, 0.6) is 0 Å². The molecule has 0 bridgehead atoms. The van der Waals surface area contributed by atoms with Crippen molar-refractivity contribution in [3.8, 4) is 0 Å².